The third-order valence-electron chi connectivity index (χ3n) is 3.90. The van der Waals surface area contributed by atoms with E-state index in [0.717, 1.165) is 11.3 Å². The van der Waals surface area contributed by atoms with E-state index >= 15 is 0 Å². The van der Waals surface area contributed by atoms with Crippen molar-refractivity contribution in [2.75, 3.05) is 12.4 Å². The average molecular weight is 337 g/mol. The number of ether oxygens (including phenoxy) is 1. The molecule has 0 aliphatic heterocycles. The van der Waals surface area contributed by atoms with E-state index in [2.05, 4.69) is 5.32 Å². The second kappa shape index (κ2) is 6.81. The van der Waals surface area contributed by atoms with E-state index < -0.39 is 0 Å². The van der Waals surface area contributed by atoms with Crippen molar-refractivity contribution in [1.82, 2.24) is 0 Å². The molecular weight excluding hydrogens is 318 g/mol. The predicted octanol–water partition coefficient (Wildman–Crippen LogP) is 4.06. The zero-order valence-electron chi connectivity index (χ0n) is 14.3. The number of nitrogens with one attached hydrogen (secondary N) is 1. The first-order chi connectivity index (χ1) is 12.0. The maximum absolute atomic E-state index is 12.4. The molecule has 0 fully saturated rings. The zero-order chi connectivity index (χ0) is 18.0. The van der Waals surface area contributed by atoms with Crippen LogP contribution >= 0.6 is 0 Å². The predicted molar refractivity (Wildman–Crippen MR) is 97.9 cm³/mol. The minimum Gasteiger partial charge on any atom is -0.497 e. The Kier molecular flexibility index (Phi) is 4.57. The van der Waals surface area contributed by atoms with E-state index in [1.807, 2.05) is 26.0 Å². The Balaban J connectivity index is 2.03. The number of hydrogen-bond donors (Lipinski definition) is 1. The summed E-state index contributed by atoms with van der Waals surface area (Å²) in [4.78, 5) is 24.2. The molecule has 1 aromatic heterocycles. The molecule has 3 aromatic rings. The van der Waals surface area contributed by atoms with Crippen molar-refractivity contribution in [3.05, 3.63) is 58.8 Å². The van der Waals surface area contributed by atoms with Crippen LogP contribution in [0.1, 0.15) is 13.8 Å². The summed E-state index contributed by atoms with van der Waals surface area (Å²) in [5.41, 5.74) is 1.67. The highest BCUT2D eigenvalue weighted by Crippen LogP contribution is 2.25. The molecule has 1 heterocycles. The van der Waals surface area contributed by atoms with Crippen LogP contribution in [0.2, 0.25) is 0 Å². The van der Waals surface area contributed by atoms with E-state index in [9.17, 15) is 9.59 Å². The summed E-state index contributed by atoms with van der Waals surface area (Å²) in [7, 11) is 1.60. The second-order valence-electron chi connectivity index (χ2n) is 6.06. The fourth-order valence-corrected chi connectivity index (χ4v) is 2.42. The highest BCUT2D eigenvalue weighted by molar-refractivity contribution is 5.94. The molecule has 0 saturated carbocycles. The maximum Gasteiger partial charge on any atom is 0.226 e. The minimum absolute atomic E-state index is 0.0898. The number of carbonyl (C=O) groups excluding carboxylic acids is 1. The van der Waals surface area contributed by atoms with Crippen molar-refractivity contribution in [3.63, 3.8) is 0 Å². The van der Waals surface area contributed by atoms with Crippen molar-refractivity contribution in [1.29, 1.82) is 0 Å². The Bertz CT molecular complexity index is 971. The Morgan fingerprint density at radius 3 is 2.44 bits per heavy atom. The summed E-state index contributed by atoms with van der Waals surface area (Å²) in [6.07, 6.45) is 0. The van der Waals surface area contributed by atoms with E-state index in [0.29, 0.717) is 22.4 Å². The van der Waals surface area contributed by atoms with Crippen molar-refractivity contribution < 1.29 is 13.9 Å². The molecule has 0 unspecified atom stereocenters. The summed E-state index contributed by atoms with van der Waals surface area (Å²) in [5.74, 6) is 0.972. The molecule has 0 aliphatic carbocycles. The van der Waals surface area contributed by atoms with Gasteiger partial charge < -0.3 is 14.5 Å². The van der Waals surface area contributed by atoms with Gasteiger partial charge in [0.1, 0.15) is 17.1 Å². The van der Waals surface area contributed by atoms with Crippen LogP contribution in [0, 0.1) is 5.92 Å². The van der Waals surface area contributed by atoms with Crippen LogP contribution in [0.4, 0.5) is 5.69 Å². The van der Waals surface area contributed by atoms with Gasteiger partial charge in [-0.1, -0.05) is 13.8 Å². The lowest BCUT2D eigenvalue weighted by Gasteiger charge is -2.09. The molecule has 0 radical (unpaired) electrons. The third kappa shape index (κ3) is 3.55. The number of amides is 1. The molecular formula is C20H19NO4. The lowest BCUT2D eigenvalue weighted by Crippen LogP contribution is -2.17. The fourth-order valence-electron chi connectivity index (χ4n) is 2.42. The minimum atomic E-state index is -0.131. The number of rotatable bonds is 4. The van der Waals surface area contributed by atoms with Gasteiger partial charge in [-0.2, -0.15) is 0 Å². The SMILES string of the molecule is COc1ccc(-c2cc(=O)c3ccc(NC(=O)C(C)C)cc3o2)cc1. The molecule has 1 amide bonds. The summed E-state index contributed by atoms with van der Waals surface area (Å²) in [6.45, 7) is 3.64. The first-order valence-corrected chi connectivity index (χ1v) is 8.01. The molecule has 0 saturated heterocycles. The number of anilines is 1. The molecule has 128 valence electrons. The molecule has 0 atom stereocenters. The average Bonchev–Trinajstić information content (AvgIpc) is 2.61. The Morgan fingerprint density at radius 2 is 1.80 bits per heavy atom. The van der Waals surface area contributed by atoms with Gasteiger partial charge in [0.05, 0.1) is 12.5 Å². The van der Waals surface area contributed by atoms with Crippen LogP contribution in [-0.4, -0.2) is 13.0 Å². The largest absolute Gasteiger partial charge is 0.497 e. The number of carbonyl (C=O) groups is 1. The van der Waals surface area contributed by atoms with Gasteiger partial charge in [-0.15, -0.1) is 0 Å². The third-order valence-corrected chi connectivity index (χ3v) is 3.90. The van der Waals surface area contributed by atoms with Gasteiger partial charge in [0.15, 0.2) is 5.43 Å². The maximum atomic E-state index is 12.4. The summed E-state index contributed by atoms with van der Waals surface area (Å²) >= 11 is 0. The van der Waals surface area contributed by atoms with Crippen LogP contribution < -0.4 is 15.5 Å². The number of hydrogen-bond acceptors (Lipinski definition) is 4. The number of benzene rings is 2. The molecule has 0 spiro atoms. The smallest absolute Gasteiger partial charge is 0.226 e. The van der Waals surface area contributed by atoms with Crippen molar-refractivity contribution in [2.45, 2.75) is 13.8 Å². The van der Waals surface area contributed by atoms with E-state index in [-0.39, 0.29) is 17.3 Å². The normalized spacial score (nSPS) is 10.9. The van der Waals surface area contributed by atoms with Crippen LogP contribution in [0.3, 0.4) is 0 Å². The van der Waals surface area contributed by atoms with Gasteiger partial charge in [-0.05, 0) is 36.4 Å². The zero-order valence-corrected chi connectivity index (χ0v) is 14.3. The standard InChI is InChI=1S/C20H19NO4/c1-12(2)20(23)21-14-6-9-16-17(22)11-18(25-19(16)10-14)13-4-7-15(24-3)8-5-13/h4-12H,1-3H3,(H,21,23). The monoisotopic (exact) mass is 337 g/mol. The van der Waals surface area contributed by atoms with Crippen LogP contribution in [0.15, 0.2) is 57.7 Å². The lowest BCUT2D eigenvalue weighted by atomic mass is 10.1. The molecule has 2 aromatic carbocycles. The quantitative estimate of drug-likeness (QED) is 0.779. The molecule has 5 nitrogen and oxygen atoms in total. The van der Waals surface area contributed by atoms with Crippen LogP contribution in [0.25, 0.3) is 22.3 Å². The lowest BCUT2D eigenvalue weighted by molar-refractivity contribution is -0.118. The summed E-state index contributed by atoms with van der Waals surface area (Å²) in [6, 6.07) is 13.8. The summed E-state index contributed by atoms with van der Waals surface area (Å²) < 4.78 is 11.0. The van der Waals surface area contributed by atoms with Crippen molar-refractivity contribution in [3.8, 4) is 17.1 Å². The fraction of sp³-hybridized carbons (Fsp3) is 0.200. The van der Waals surface area contributed by atoms with E-state index in [1.54, 1.807) is 37.4 Å². The Hall–Kier alpha value is -3.08. The van der Waals surface area contributed by atoms with Crippen molar-refractivity contribution >= 4 is 22.6 Å². The van der Waals surface area contributed by atoms with Crippen molar-refractivity contribution in [2.24, 2.45) is 5.92 Å². The number of fused-ring (bicyclic) bond motifs is 1. The Morgan fingerprint density at radius 1 is 1.08 bits per heavy atom. The molecule has 0 bridgehead atoms. The second-order valence-corrected chi connectivity index (χ2v) is 6.06. The highest BCUT2D eigenvalue weighted by Gasteiger charge is 2.11. The summed E-state index contributed by atoms with van der Waals surface area (Å²) in [5, 5.41) is 3.28. The highest BCUT2D eigenvalue weighted by atomic mass is 16.5. The van der Waals surface area contributed by atoms with Crippen LogP contribution in [-0.2, 0) is 4.79 Å². The van der Waals surface area contributed by atoms with Gasteiger partial charge in [0, 0.05) is 29.3 Å². The molecule has 1 N–H and O–H groups in total. The van der Waals surface area contributed by atoms with Gasteiger partial charge in [-0.3, -0.25) is 9.59 Å². The van der Waals surface area contributed by atoms with Crippen LogP contribution in [0.5, 0.6) is 5.75 Å². The van der Waals surface area contributed by atoms with E-state index in [1.165, 1.54) is 6.07 Å². The molecule has 3 rings (SSSR count). The number of methoxy groups -OCH3 is 1. The van der Waals surface area contributed by atoms with Gasteiger partial charge in [0.25, 0.3) is 0 Å². The topological polar surface area (TPSA) is 68.5 Å². The first-order valence-electron chi connectivity index (χ1n) is 8.01. The Labute approximate surface area is 145 Å². The van der Waals surface area contributed by atoms with Gasteiger partial charge in [0.2, 0.25) is 5.91 Å². The van der Waals surface area contributed by atoms with Gasteiger partial charge in [-0.25, -0.2) is 0 Å². The van der Waals surface area contributed by atoms with Gasteiger partial charge >= 0.3 is 0 Å². The first kappa shape index (κ1) is 16.8. The molecule has 0 aliphatic rings. The van der Waals surface area contributed by atoms with E-state index in [4.69, 9.17) is 9.15 Å². The molecule has 5 heteroatoms. The molecule has 25 heavy (non-hydrogen) atoms.